The highest BCUT2D eigenvalue weighted by Gasteiger charge is 2.23. The molecule has 0 radical (unpaired) electrons. The quantitative estimate of drug-likeness (QED) is 0.824. The first-order chi connectivity index (χ1) is 11.8. The minimum absolute atomic E-state index is 0.0176. The van der Waals surface area contributed by atoms with Crippen molar-refractivity contribution >= 4 is 20.0 Å². The van der Waals surface area contributed by atoms with Crippen molar-refractivity contribution in [2.75, 3.05) is 6.54 Å². The van der Waals surface area contributed by atoms with Gasteiger partial charge in [-0.05, 0) is 60.6 Å². The van der Waals surface area contributed by atoms with E-state index in [1.807, 2.05) is 18.2 Å². The summed E-state index contributed by atoms with van der Waals surface area (Å²) in [5.74, 6) is 0.142. The number of sulfonamides is 2. The molecule has 0 saturated carbocycles. The molecule has 0 aromatic heterocycles. The number of nitrogens with one attached hydrogen (secondary N) is 1. The monoisotopic (exact) mass is 380 g/mol. The summed E-state index contributed by atoms with van der Waals surface area (Å²) < 4.78 is 50.1. The second-order valence-electron chi connectivity index (χ2n) is 6.16. The topological polar surface area (TPSA) is 106 Å². The Morgan fingerprint density at radius 1 is 0.960 bits per heavy atom. The SMILES string of the molecule is NS(=O)(=O)c1ccc(S(=O)(=O)NCC2CCCc3ccccc32)cc1. The Labute approximate surface area is 148 Å². The summed E-state index contributed by atoms with van der Waals surface area (Å²) in [6.45, 7) is 0.316. The molecule has 6 nitrogen and oxygen atoms in total. The van der Waals surface area contributed by atoms with E-state index in [0.717, 1.165) is 19.3 Å². The van der Waals surface area contributed by atoms with Crippen LogP contribution in [0.4, 0.5) is 0 Å². The van der Waals surface area contributed by atoms with Gasteiger partial charge < -0.3 is 0 Å². The Morgan fingerprint density at radius 2 is 1.60 bits per heavy atom. The molecule has 1 aliphatic carbocycles. The van der Waals surface area contributed by atoms with E-state index < -0.39 is 20.0 Å². The first kappa shape index (κ1) is 18.1. The van der Waals surface area contributed by atoms with Gasteiger partial charge in [-0.3, -0.25) is 0 Å². The van der Waals surface area contributed by atoms with E-state index >= 15 is 0 Å². The number of benzene rings is 2. The van der Waals surface area contributed by atoms with Crippen molar-refractivity contribution in [1.82, 2.24) is 4.72 Å². The fourth-order valence-corrected chi connectivity index (χ4v) is 4.77. The molecule has 0 fully saturated rings. The van der Waals surface area contributed by atoms with Crippen molar-refractivity contribution in [3.8, 4) is 0 Å². The predicted octanol–water partition coefficient (Wildman–Crippen LogP) is 1.73. The Bertz CT molecular complexity index is 968. The average Bonchev–Trinajstić information content (AvgIpc) is 2.59. The molecule has 0 saturated heterocycles. The lowest BCUT2D eigenvalue weighted by Crippen LogP contribution is -2.30. The van der Waals surface area contributed by atoms with Crippen molar-refractivity contribution in [1.29, 1.82) is 0 Å². The van der Waals surface area contributed by atoms with Crippen molar-refractivity contribution in [3.63, 3.8) is 0 Å². The Morgan fingerprint density at radius 3 is 2.28 bits per heavy atom. The standard InChI is InChI=1S/C17H20N2O4S2/c18-24(20,21)15-8-10-16(11-9-15)25(22,23)19-12-14-6-3-5-13-4-1-2-7-17(13)14/h1-2,4,7-11,14,19H,3,5-6,12H2,(H2,18,20,21). The largest absolute Gasteiger partial charge is 0.240 e. The second kappa shape index (κ2) is 6.87. The van der Waals surface area contributed by atoms with Gasteiger partial charge in [0.25, 0.3) is 0 Å². The summed E-state index contributed by atoms with van der Waals surface area (Å²) in [6, 6.07) is 13.0. The molecular weight excluding hydrogens is 360 g/mol. The molecule has 1 unspecified atom stereocenters. The zero-order valence-corrected chi connectivity index (χ0v) is 15.2. The molecule has 2 aromatic rings. The summed E-state index contributed by atoms with van der Waals surface area (Å²) in [4.78, 5) is -0.100. The van der Waals surface area contributed by atoms with Crippen LogP contribution < -0.4 is 9.86 Å². The summed E-state index contributed by atoms with van der Waals surface area (Å²) >= 11 is 0. The Hall–Kier alpha value is -1.74. The number of aryl methyl sites for hydroxylation is 1. The highest BCUT2D eigenvalue weighted by molar-refractivity contribution is 7.89. The minimum Gasteiger partial charge on any atom is -0.225 e. The van der Waals surface area contributed by atoms with Gasteiger partial charge in [-0.15, -0.1) is 0 Å². The van der Waals surface area contributed by atoms with Crippen LogP contribution in [0.2, 0.25) is 0 Å². The van der Waals surface area contributed by atoms with Crippen molar-refractivity contribution < 1.29 is 16.8 Å². The van der Waals surface area contributed by atoms with Crippen molar-refractivity contribution in [2.24, 2.45) is 5.14 Å². The van der Waals surface area contributed by atoms with Crippen LogP contribution in [0.5, 0.6) is 0 Å². The highest BCUT2D eigenvalue weighted by Crippen LogP contribution is 2.31. The highest BCUT2D eigenvalue weighted by atomic mass is 32.2. The van der Waals surface area contributed by atoms with Crippen molar-refractivity contribution in [2.45, 2.75) is 35.0 Å². The smallest absolute Gasteiger partial charge is 0.225 e. The van der Waals surface area contributed by atoms with Crippen LogP contribution in [0, 0.1) is 0 Å². The maximum Gasteiger partial charge on any atom is 0.240 e. The molecule has 3 N–H and O–H groups in total. The van der Waals surface area contributed by atoms with Gasteiger partial charge in [0.1, 0.15) is 0 Å². The number of hydrogen-bond donors (Lipinski definition) is 2. The summed E-state index contributed by atoms with van der Waals surface area (Å²) in [6.07, 6.45) is 2.99. The van der Waals surface area contributed by atoms with Crippen LogP contribution in [0.25, 0.3) is 0 Å². The molecule has 0 amide bonds. The molecule has 0 aliphatic heterocycles. The fraction of sp³-hybridized carbons (Fsp3) is 0.294. The molecular formula is C17H20N2O4S2. The van der Waals surface area contributed by atoms with Crippen molar-refractivity contribution in [3.05, 3.63) is 59.7 Å². The molecule has 1 atom stereocenters. The number of rotatable bonds is 5. The van der Waals surface area contributed by atoms with Gasteiger partial charge in [-0.1, -0.05) is 24.3 Å². The summed E-state index contributed by atoms with van der Waals surface area (Å²) in [5.41, 5.74) is 2.47. The molecule has 134 valence electrons. The zero-order chi connectivity index (χ0) is 18.1. The van der Waals surface area contributed by atoms with Gasteiger partial charge >= 0.3 is 0 Å². The zero-order valence-electron chi connectivity index (χ0n) is 13.6. The van der Waals surface area contributed by atoms with E-state index in [1.54, 1.807) is 0 Å². The molecule has 2 aromatic carbocycles. The first-order valence-electron chi connectivity index (χ1n) is 7.98. The third kappa shape index (κ3) is 4.09. The van der Waals surface area contributed by atoms with E-state index in [0.29, 0.717) is 6.54 Å². The maximum atomic E-state index is 12.5. The van der Waals surface area contributed by atoms with E-state index in [4.69, 9.17) is 5.14 Å². The Kier molecular flexibility index (Phi) is 4.97. The summed E-state index contributed by atoms with van der Waals surface area (Å²) in [5, 5.41) is 5.02. The van der Waals surface area contributed by atoms with E-state index in [1.165, 1.54) is 35.4 Å². The van der Waals surface area contributed by atoms with Crippen LogP contribution in [-0.2, 0) is 26.5 Å². The van der Waals surface area contributed by atoms with Gasteiger partial charge in [-0.25, -0.2) is 26.7 Å². The third-order valence-corrected chi connectivity index (χ3v) is 6.84. The number of nitrogens with two attached hydrogens (primary N) is 1. The Balaban J connectivity index is 1.75. The lowest BCUT2D eigenvalue weighted by Gasteiger charge is -2.25. The number of fused-ring (bicyclic) bond motifs is 1. The second-order valence-corrected chi connectivity index (χ2v) is 9.48. The third-order valence-electron chi connectivity index (χ3n) is 4.48. The molecule has 25 heavy (non-hydrogen) atoms. The van der Waals surface area contributed by atoms with Crippen LogP contribution in [0.1, 0.15) is 29.9 Å². The fourth-order valence-electron chi connectivity index (χ4n) is 3.17. The number of hydrogen-bond acceptors (Lipinski definition) is 4. The van der Waals surface area contributed by atoms with Gasteiger partial charge in [0, 0.05) is 6.54 Å². The molecule has 8 heteroatoms. The van der Waals surface area contributed by atoms with Crippen LogP contribution in [-0.4, -0.2) is 23.4 Å². The lowest BCUT2D eigenvalue weighted by molar-refractivity contribution is 0.529. The van der Waals surface area contributed by atoms with Gasteiger partial charge in [0.05, 0.1) is 9.79 Å². The van der Waals surface area contributed by atoms with Gasteiger partial charge in [0.2, 0.25) is 20.0 Å². The molecule has 0 heterocycles. The van der Waals surface area contributed by atoms with Crippen LogP contribution >= 0.6 is 0 Å². The average molecular weight is 380 g/mol. The molecule has 0 spiro atoms. The molecule has 0 bridgehead atoms. The predicted molar refractivity (Wildman–Crippen MR) is 95.1 cm³/mol. The summed E-state index contributed by atoms with van der Waals surface area (Å²) in [7, 11) is -7.55. The minimum atomic E-state index is -3.84. The van der Waals surface area contributed by atoms with Gasteiger partial charge in [-0.2, -0.15) is 0 Å². The van der Waals surface area contributed by atoms with E-state index in [2.05, 4.69) is 10.8 Å². The normalized spacial score (nSPS) is 17.9. The molecule has 3 rings (SSSR count). The van der Waals surface area contributed by atoms with E-state index in [-0.39, 0.29) is 15.7 Å². The molecule has 1 aliphatic rings. The first-order valence-corrected chi connectivity index (χ1v) is 11.0. The number of primary sulfonamides is 1. The maximum absolute atomic E-state index is 12.5. The van der Waals surface area contributed by atoms with E-state index in [9.17, 15) is 16.8 Å². The van der Waals surface area contributed by atoms with Gasteiger partial charge in [0.15, 0.2) is 0 Å². The van der Waals surface area contributed by atoms with Crippen LogP contribution in [0.3, 0.4) is 0 Å². The lowest BCUT2D eigenvalue weighted by atomic mass is 9.83. The van der Waals surface area contributed by atoms with Crippen LogP contribution in [0.15, 0.2) is 58.3 Å².